The summed E-state index contributed by atoms with van der Waals surface area (Å²) in [5.74, 6) is 1.90. The fourth-order valence-electron chi connectivity index (χ4n) is 3.34. The van der Waals surface area contributed by atoms with E-state index >= 15 is 0 Å². The zero-order valence-electron chi connectivity index (χ0n) is 13.1. The average Bonchev–Trinajstić information content (AvgIpc) is 3.06. The molecule has 0 saturated carbocycles. The van der Waals surface area contributed by atoms with E-state index in [0.29, 0.717) is 6.61 Å². The number of rotatable bonds is 4. The van der Waals surface area contributed by atoms with Crippen LogP contribution in [0.15, 0.2) is 48.5 Å². The minimum absolute atomic E-state index is 0.00785. The Bertz CT molecular complexity index is 670. The first-order valence-corrected chi connectivity index (χ1v) is 7.97. The van der Waals surface area contributed by atoms with Gasteiger partial charge in [0.15, 0.2) is 0 Å². The lowest BCUT2D eigenvalue weighted by molar-refractivity contribution is -0.112. The van der Waals surface area contributed by atoms with E-state index in [1.807, 2.05) is 36.4 Å². The second kappa shape index (κ2) is 6.22. The Balaban J connectivity index is 1.55. The molecule has 3 atom stereocenters. The highest BCUT2D eigenvalue weighted by Gasteiger charge is 2.42. The van der Waals surface area contributed by atoms with E-state index in [4.69, 9.17) is 18.9 Å². The highest BCUT2D eigenvalue weighted by molar-refractivity contribution is 5.43. The third-order valence-electron chi connectivity index (χ3n) is 4.50. The van der Waals surface area contributed by atoms with E-state index in [1.54, 1.807) is 7.11 Å². The predicted octanol–water partition coefficient (Wildman–Crippen LogP) is 3.71. The molecule has 4 nitrogen and oxygen atoms in total. The number of benzene rings is 2. The van der Waals surface area contributed by atoms with Gasteiger partial charge in [-0.3, -0.25) is 0 Å². The van der Waals surface area contributed by atoms with Crippen LogP contribution in [0.1, 0.15) is 23.7 Å². The van der Waals surface area contributed by atoms with Gasteiger partial charge in [0, 0.05) is 12.7 Å². The third kappa shape index (κ3) is 2.80. The molecule has 0 aromatic heterocycles. The smallest absolute Gasteiger partial charge is 0.205 e. The molecule has 0 bridgehead atoms. The van der Waals surface area contributed by atoms with Crippen LogP contribution in [-0.2, 0) is 16.1 Å². The van der Waals surface area contributed by atoms with Crippen LogP contribution in [0.4, 0.5) is 0 Å². The number of fused-ring (bicyclic) bond motifs is 2. The Morgan fingerprint density at radius 1 is 1.13 bits per heavy atom. The Morgan fingerprint density at radius 2 is 2.00 bits per heavy atom. The summed E-state index contributed by atoms with van der Waals surface area (Å²) in [4.78, 5) is 0. The lowest BCUT2D eigenvalue weighted by atomic mass is 9.90. The molecular weight excluding hydrogens is 292 g/mol. The number of methoxy groups -OCH3 is 1. The molecule has 0 aliphatic carbocycles. The van der Waals surface area contributed by atoms with Crippen LogP contribution < -0.4 is 9.47 Å². The maximum absolute atomic E-state index is 5.95. The summed E-state index contributed by atoms with van der Waals surface area (Å²) in [6.45, 7) is 1.27. The molecule has 4 rings (SSSR count). The standard InChI is InChI=1S/C19H20O4/c1-20-18-15-9-10-21-19(15)23-17-8-7-14(11-16(17)18)22-12-13-5-3-2-4-6-13/h2-8,11,15,18-19H,9-10,12H2,1H3/t15-,18+,19+/m1/s1. The molecule has 1 fully saturated rings. The number of hydrogen-bond acceptors (Lipinski definition) is 4. The highest BCUT2D eigenvalue weighted by Crippen LogP contribution is 2.46. The first-order valence-electron chi connectivity index (χ1n) is 7.97. The van der Waals surface area contributed by atoms with Gasteiger partial charge in [-0.05, 0) is 30.2 Å². The second-order valence-electron chi connectivity index (χ2n) is 5.94. The van der Waals surface area contributed by atoms with E-state index in [9.17, 15) is 0 Å². The fraction of sp³-hybridized carbons (Fsp3) is 0.368. The zero-order valence-corrected chi connectivity index (χ0v) is 13.1. The molecule has 2 aromatic carbocycles. The molecule has 4 heteroatoms. The van der Waals surface area contributed by atoms with Gasteiger partial charge in [-0.25, -0.2) is 0 Å². The van der Waals surface area contributed by atoms with Crippen LogP contribution in [0, 0.1) is 5.92 Å². The average molecular weight is 312 g/mol. The molecule has 0 N–H and O–H groups in total. The molecule has 23 heavy (non-hydrogen) atoms. The van der Waals surface area contributed by atoms with Crippen molar-refractivity contribution in [2.45, 2.75) is 25.4 Å². The van der Waals surface area contributed by atoms with Crippen LogP contribution in [0.5, 0.6) is 11.5 Å². The Labute approximate surface area is 135 Å². The Kier molecular flexibility index (Phi) is 3.93. The molecule has 0 radical (unpaired) electrons. The number of ether oxygens (including phenoxy) is 4. The minimum Gasteiger partial charge on any atom is -0.489 e. The van der Waals surface area contributed by atoms with Crippen molar-refractivity contribution < 1.29 is 18.9 Å². The Morgan fingerprint density at radius 3 is 2.83 bits per heavy atom. The first kappa shape index (κ1) is 14.5. The van der Waals surface area contributed by atoms with Crippen LogP contribution in [0.25, 0.3) is 0 Å². The van der Waals surface area contributed by atoms with Gasteiger partial charge >= 0.3 is 0 Å². The normalized spacial score (nSPS) is 25.3. The van der Waals surface area contributed by atoms with Crippen molar-refractivity contribution in [3.63, 3.8) is 0 Å². The van der Waals surface area contributed by atoms with E-state index < -0.39 is 0 Å². The summed E-state index contributed by atoms with van der Waals surface area (Å²) in [6.07, 6.45) is 0.757. The van der Waals surface area contributed by atoms with Gasteiger partial charge in [-0.2, -0.15) is 0 Å². The van der Waals surface area contributed by atoms with Crippen molar-refractivity contribution in [1.29, 1.82) is 0 Å². The largest absolute Gasteiger partial charge is 0.489 e. The molecule has 2 aliphatic heterocycles. The van der Waals surface area contributed by atoms with Crippen molar-refractivity contribution in [2.75, 3.05) is 13.7 Å². The molecule has 0 spiro atoms. The predicted molar refractivity (Wildman–Crippen MR) is 85.4 cm³/mol. The van der Waals surface area contributed by atoms with Crippen molar-refractivity contribution >= 4 is 0 Å². The zero-order chi connectivity index (χ0) is 15.6. The summed E-state index contributed by atoms with van der Waals surface area (Å²) in [6, 6.07) is 16.0. The quantitative estimate of drug-likeness (QED) is 0.862. The van der Waals surface area contributed by atoms with Crippen molar-refractivity contribution in [2.24, 2.45) is 5.92 Å². The minimum atomic E-state index is -0.191. The summed E-state index contributed by atoms with van der Waals surface area (Å²) in [5.41, 5.74) is 2.19. The van der Waals surface area contributed by atoms with Crippen molar-refractivity contribution in [1.82, 2.24) is 0 Å². The first-order chi connectivity index (χ1) is 11.3. The van der Waals surface area contributed by atoms with E-state index in [1.165, 1.54) is 0 Å². The Hall–Kier alpha value is -2.04. The molecule has 120 valence electrons. The van der Waals surface area contributed by atoms with Crippen LogP contribution in [0.2, 0.25) is 0 Å². The number of hydrogen-bond donors (Lipinski definition) is 0. The van der Waals surface area contributed by atoms with E-state index in [2.05, 4.69) is 12.1 Å². The maximum Gasteiger partial charge on any atom is 0.205 e. The van der Waals surface area contributed by atoms with Gasteiger partial charge < -0.3 is 18.9 Å². The second-order valence-corrected chi connectivity index (χ2v) is 5.94. The van der Waals surface area contributed by atoms with Crippen molar-refractivity contribution in [3.8, 4) is 11.5 Å². The molecular formula is C19H20O4. The van der Waals surface area contributed by atoms with Gasteiger partial charge in [0.2, 0.25) is 6.29 Å². The van der Waals surface area contributed by atoms with Gasteiger partial charge in [0.05, 0.1) is 18.6 Å². The van der Waals surface area contributed by atoms with Gasteiger partial charge in [-0.15, -0.1) is 0 Å². The van der Waals surface area contributed by atoms with Crippen LogP contribution in [-0.4, -0.2) is 20.0 Å². The van der Waals surface area contributed by atoms with Crippen LogP contribution >= 0.6 is 0 Å². The summed E-state index contributed by atoms with van der Waals surface area (Å²) in [5, 5.41) is 0. The van der Waals surface area contributed by atoms with Gasteiger partial charge in [-0.1, -0.05) is 30.3 Å². The molecule has 0 unspecified atom stereocenters. The molecule has 1 saturated heterocycles. The highest BCUT2D eigenvalue weighted by atomic mass is 16.7. The lowest BCUT2D eigenvalue weighted by Gasteiger charge is -2.34. The summed E-state index contributed by atoms with van der Waals surface area (Å²) in [7, 11) is 1.74. The van der Waals surface area contributed by atoms with E-state index in [0.717, 1.165) is 35.7 Å². The van der Waals surface area contributed by atoms with Crippen LogP contribution in [0.3, 0.4) is 0 Å². The fourth-order valence-corrected chi connectivity index (χ4v) is 3.34. The third-order valence-corrected chi connectivity index (χ3v) is 4.50. The van der Waals surface area contributed by atoms with Gasteiger partial charge in [0.1, 0.15) is 18.1 Å². The molecule has 2 aromatic rings. The molecule has 0 amide bonds. The summed E-state index contributed by atoms with van der Waals surface area (Å²) < 4.78 is 23.2. The monoisotopic (exact) mass is 312 g/mol. The molecule has 2 aliphatic rings. The SMILES string of the molecule is CO[C@@H]1c2cc(OCc3ccccc3)ccc2O[C@@H]2OCC[C@@H]21. The van der Waals surface area contributed by atoms with Gasteiger partial charge in [0.25, 0.3) is 0 Å². The maximum atomic E-state index is 5.95. The lowest BCUT2D eigenvalue weighted by Crippen LogP contribution is -2.33. The topological polar surface area (TPSA) is 36.9 Å². The summed E-state index contributed by atoms with van der Waals surface area (Å²) >= 11 is 0. The van der Waals surface area contributed by atoms with E-state index in [-0.39, 0.29) is 18.3 Å². The van der Waals surface area contributed by atoms with Crippen molar-refractivity contribution in [3.05, 3.63) is 59.7 Å². The molecule has 2 heterocycles.